The van der Waals surface area contributed by atoms with Gasteiger partial charge in [0.25, 0.3) is 0 Å². The standard InChI is InChI=1S/C18H28FNO.C2H2O4/c1-2-3-4-11-20-12-9-16(14-20)10-13-21-15-17-5-7-18(19)8-6-17;3-1(4)2(5)6/h5-8,16H,2-4,9-15H2,1H3;(H,3,4)(H,5,6). The van der Waals surface area contributed by atoms with Crippen LogP contribution in [-0.2, 0) is 20.9 Å². The van der Waals surface area contributed by atoms with Crippen molar-refractivity contribution in [2.45, 2.75) is 45.6 Å². The summed E-state index contributed by atoms with van der Waals surface area (Å²) in [5, 5.41) is 14.8. The monoisotopic (exact) mass is 383 g/mol. The molecule has 1 fully saturated rings. The van der Waals surface area contributed by atoms with Crippen LogP contribution in [0.25, 0.3) is 0 Å². The van der Waals surface area contributed by atoms with Crippen LogP contribution >= 0.6 is 0 Å². The van der Waals surface area contributed by atoms with Gasteiger partial charge in [-0.3, -0.25) is 0 Å². The number of likely N-dealkylation sites (tertiary alicyclic amines) is 1. The molecular weight excluding hydrogens is 353 g/mol. The summed E-state index contributed by atoms with van der Waals surface area (Å²) in [5.74, 6) is -3.04. The zero-order chi connectivity index (χ0) is 20.1. The smallest absolute Gasteiger partial charge is 0.414 e. The van der Waals surface area contributed by atoms with Gasteiger partial charge in [0.15, 0.2) is 0 Å². The van der Waals surface area contributed by atoms with E-state index in [1.807, 2.05) is 0 Å². The summed E-state index contributed by atoms with van der Waals surface area (Å²) in [7, 11) is 0. The molecule has 1 aliphatic rings. The molecule has 0 spiro atoms. The van der Waals surface area contributed by atoms with E-state index in [4.69, 9.17) is 24.5 Å². The number of aliphatic carboxylic acids is 2. The highest BCUT2D eigenvalue weighted by Gasteiger charge is 2.21. The summed E-state index contributed by atoms with van der Waals surface area (Å²) < 4.78 is 18.5. The van der Waals surface area contributed by atoms with Crippen LogP contribution in [0.2, 0.25) is 0 Å². The lowest BCUT2D eigenvalue weighted by Gasteiger charge is -2.15. The molecule has 1 unspecified atom stereocenters. The predicted molar refractivity (Wildman–Crippen MR) is 100 cm³/mol. The highest BCUT2D eigenvalue weighted by Crippen LogP contribution is 2.20. The van der Waals surface area contributed by atoms with Crippen molar-refractivity contribution >= 4 is 11.9 Å². The number of halogens is 1. The van der Waals surface area contributed by atoms with Crippen molar-refractivity contribution in [2.24, 2.45) is 5.92 Å². The fourth-order valence-corrected chi connectivity index (χ4v) is 2.96. The molecule has 0 radical (unpaired) electrons. The van der Waals surface area contributed by atoms with Crippen LogP contribution in [0.4, 0.5) is 4.39 Å². The molecule has 1 aromatic rings. The fraction of sp³-hybridized carbons (Fsp3) is 0.600. The molecule has 6 nitrogen and oxygen atoms in total. The van der Waals surface area contributed by atoms with E-state index in [1.165, 1.54) is 57.5 Å². The Balaban J connectivity index is 0.000000527. The first-order valence-corrected chi connectivity index (χ1v) is 9.43. The van der Waals surface area contributed by atoms with Gasteiger partial charge >= 0.3 is 11.9 Å². The highest BCUT2D eigenvalue weighted by atomic mass is 19.1. The summed E-state index contributed by atoms with van der Waals surface area (Å²) in [6.07, 6.45) is 6.44. The van der Waals surface area contributed by atoms with E-state index in [1.54, 1.807) is 12.1 Å². The van der Waals surface area contributed by atoms with Crippen LogP contribution in [0, 0.1) is 11.7 Å². The van der Waals surface area contributed by atoms with Crippen molar-refractivity contribution in [1.82, 2.24) is 4.90 Å². The molecule has 1 saturated heterocycles. The van der Waals surface area contributed by atoms with E-state index in [-0.39, 0.29) is 5.82 Å². The molecular formula is C20H30FNO5. The molecule has 2 N–H and O–H groups in total. The Hall–Kier alpha value is -1.99. The van der Waals surface area contributed by atoms with Crippen molar-refractivity contribution in [3.05, 3.63) is 35.6 Å². The second-order valence-corrected chi connectivity index (χ2v) is 6.74. The maximum Gasteiger partial charge on any atom is 0.414 e. The number of carboxylic acid groups (broad SMARTS) is 2. The Morgan fingerprint density at radius 2 is 1.85 bits per heavy atom. The number of rotatable bonds is 9. The molecule has 0 aliphatic carbocycles. The zero-order valence-corrected chi connectivity index (χ0v) is 15.9. The van der Waals surface area contributed by atoms with E-state index in [0.717, 1.165) is 24.5 Å². The van der Waals surface area contributed by atoms with E-state index < -0.39 is 11.9 Å². The van der Waals surface area contributed by atoms with Gasteiger partial charge in [0.2, 0.25) is 0 Å². The average Bonchev–Trinajstić information content (AvgIpc) is 3.09. The first-order valence-electron chi connectivity index (χ1n) is 9.43. The summed E-state index contributed by atoms with van der Waals surface area (Å²) in [5.41, 5.74) is 1.05. The molecule has 27 heavy (non-hydrogen) atoms. The molecule has 0 amide bonds. The second-order valence-electron chi connectivity index (χ2n) is 6.74. The van der Waals surface area contributed by atoms with Gasteiger partial charge in [-0.2, -0.15) is 0 Å². The molecule has 0 bridgehead atoms. The highest BCUT2D eigenvalue weighted by molar-refractivity contribution is 6.27. The Kier molecular flexibility index (Phi) is 11.3. The molecule has 0 saturated carbocycles. The summed E-state index contributed by atoms with van der Waals surface area (Å²) >= 11 is 0. The SMILES string of the molecule is CCCCCN1CCC(CCOCc2ccc(F)cc2)C1.O=C(O)C(=O)O. The van der Waals surface area contributed by atoms with Gasteiger partial charge < -0.3 is 19.8 Å². The Morgan fingerprint density at radius 3 is 2.44 bits per heavy atom. The number of hydrogen-bond donors (Lipinski definition) is 2. The Morgan fingerprint density at radius 1 is 1.19 bits per heavy atom. The van der Waals surface area contributed by atoms with Gasteiger partial charge in [0.1, 0.15) is 5.82 Å². The van der Waals surface area contributed by atoms with Crippen LogP contribution in [-0.4, -0.2) is 53.3 Å². The molecule has 152 valence electrons. The van der Waals surface area contributed by atoms with Crippen LogP contribution in [0.15, 0.2) is 24.3 Å². The van der Waals surface area contributed by atoms with Gasteiger partial charge in [0, 0.05) is 13.2 Å². The lowest BCUT2D eigenvalue weighted by atomic mass is 10.1. The quantitative estimate of drug-likeness (QED) is 0.502. The minimum Gasteiger partial charge on any atom is -0.473 e. The molecule has 1 aliphatic heterocycles. The lowest BCUT2D eigenvalue weighted by molar-refractivity contribution is -0.159. The largest absolute Gasteiger partial charge is 0.473 e. The maximum absolute atomic E-state index is 12.8. The minimum atomic E-state index is -1.82. The second kappa shape index (κ2) is 13.2. The third kappa shape index (κ3) is 10.7. The summed E-state index contributed by atoms with van der Waals surface area (Å²) in [6.45, 7) is 7.42. The first kappa shape index (κ1) is 23.0. The number of ether oxygens (including phenoxy) is 1. The van der Waals surface area contributed by atoms with E-state index in [0.29, 0.717) is 6.61 Å². The van der Waals surface area contributed by atoms with Gasteiger partial charge in [-0.25, -0.2) is 14.0 Å². The van der Waals surface area contributed by atoms with Crippen LogP contribution in [0.3, 0.4) is 0 Å². The van der Waals surface area contributed by atoms with Crippen molar-refractivity contribution in [1.29, 1.82) is 0 Å². The average molecular weight is 383 g/mol. The lowest BCUT2D eigenvalue weighted by Crippen LogP contribution is -2.22. The third-order valence-corrected chi connectivity index (χ3v) is 4.48. The number of unbranched alkanes of at least 4 members (excludes halogenated alkanes) is 2. The van der Waals surface area contributed by atoms with E-state index in [9.17, 15) is 4.39 Å². The number of hydrogen-bond acceptors (Lipinski definition) is 4. The zero-order valence-electron chi connectivity index (χ0n) is 15.9. The molecule has 2 rings (SSSR count). The molecule has 1 aromatic carbocycles. The Labute approximate surface area is 159 Å². The van der Waals surface area contributed by atoms with Gasteiger partial charge in [-0.15, -0.1) is 0 Å². The van der Waals surface area contributed by atoms with Crippen molar-refractivity contribution in [3.63, 3.8) is 0 Å². The third-order valence-electron chi connectivity index (χ3n) is 4.48. The van der Waals surface area contributed by atoms with Crippen LogP contribution in [0.5, 0.6) is 0 Å². The molecule has 1 heterocycles. The fourth-order valence-electron chi connectivity index (χ4n) is 2.96. The van der Waals surface area contributed by atoms with Crippen LogP contribution < -0.4 is 0 Å². The Bertz CT molecular complexity index is 552. The van der Waals surface area contributed by atoms with E-state index >= 15 is 0 Å². The predicted octanol–water partition coefficient (Wildman–Crippen LogP) is 3.40. The first-order chi connectivity index (χ1) is 12.9. The van der Waals surface area contributed by atoms with Crippen molar-refractivity contribution < 1.29 is 28.9 Å². The number of nitrogens with zero attached hydrogens (tertiary/aromatic N) is 1. The summed E-state index contributed by atoms with van der Waals surface area (Å²) in [4.78, 5) is 20.8. The maximum atomic E-state index is 12.8. The van der Waals surface area contributed by atoms with E-state index in [2.05, 4.69) is 11.8 Å². The molecule has 1 atom stereocenters. The molecule has 0 aromatic heterocycles. The number of carbonyl (C=O) groups is 2. The molecule has 7 heteroatoms. The van der Waals surface area contributed by atoms with Gasteiger partial charge in [-0.1, -0.05) is 31.9 Å². The minimum absolute atomic E-state index is 0.187. The number of benzene rings is 1. The van der Waals surface area contributed by atoms with Gasteiger partial charge in [0.05, 0.1) is 6.61 Å². The number of carboxylic acids is 2. The normalized spacial score (nSPS) is 16.6. The topological polar surface area (TPSA) is 87.1 Å². The van der Waals surface area contributed by atoms with Gasteiger partial charge in [-0.05, 0) is 56.0 Å². The van der Waals surface area contributed by atoms with Crippen LogP contribution in [0.1, 0.15) is 44.6 Å². The van der Waals surface area contributed by atoms with Crippen molar-refractivity contribution in [3.8, 4) is 0 Å². The van der Waals surface area contributed by atoms with Crippen molar-refractivity contribution in [2.75, 3.05) is 26.2 Å². The summed E-state index contributed by atoms with van der Waals surface area (Å²) in [6, 6.07) is 6.56.